The van der Waals surface area contributed by atoms with Crippen LogP contribution in [0.1, 0.15) is 58.4 Å². The van der Waals surface area contributed by atoms with Gasteiger partial charge in [-0.2, -0.15) is 0 Å². The van der Waals surface area contributed by atoms with E-state index in [1.807, 2.05) is 0 Å². The van der Waals surface area contributed by atoms with E-state index in [9.17, 15) is 0 Å². The SMILES string of the molecule is Cc1ccccc1-c1cc(-c2ccc3ccccc3c2)cc(-c2ccccc2C)c1N(c1ccc2c(c1)C(C)(C)c1ccccc1-2)c1ccc2c(c1)C(c1ccccc1)(c1ccccc1)c1ccccc1-2. The van der Waals surface area contributed by atoms with Crippen molar-refractivity contribution >= 4 is 27.8 Å². The molecule has 0 radical (unpaired) electrons. The van der Waals surface area contributed by atoms with Crippen LogP contribution in [-0.4, -0.2) is 0 Å². The second kappa shape index (κ2) is 16.6. The van der Waals surface area contributed by atoms with Crippen molar-refractivity contribution in [1.29, 1.82) is 0 Å². The van der Waals surface area contributed by atoms with E-state index in [0.29, 0.717) is 0 Å². The molecule has 71 heavy (non-hydrogen) atoms. The minimum absolute atomic E-state index is 0.208. The molecule has 13 rings (SSSR count). The van der Waals surface area contributed by atoms with Crippen LogP contribution in [0.15, 0.2) is 249 Å². The van der Waals surface area contributed by atoms with Crippen molar-refractivity contribution in [2.45, 2.75) is 38.5 Å². The van der Waals surface area contributed by atoms with E-state index in [2.05, 4.69) is 281 Å². The molecule has 338 valence electrons. The van der Waals surface area contributed by atoms with Gasteiger partial charge in [-0.15, -0.1) is 0 Å². The van der Waals surface area contributed by atoms with Gasteiger partial charge >= 0.3 is 0 Å². The summed E-state index contributed by atoms with van der Waals surface area (Å²) in [7, 11) is 0. The largest absolute Gasteiger partial charge is 0.309 e. The summed E-state index contributed by atoms with van der Waals surface area (Å²) in [5.41, 5.74) is 25.1. The summed E-state index contributed by atoms with van der Waals surface area (Å²) in [5, 5.41) is 2.46. The normalized spacial score (nSPS) is 13.6. The third-order valence-electron chi connectivity index (χ3n) is 15.8. The third-order valence-corrected chi connectivity index (χ3v) is 15.8. The molecule has 0 unspecified atom stereocenters. The lowest BCUT2D eigenvalue weighted by atomic mass is 9.67. The molecule has 0 saturated heterocycles. The number of rotatable bonds is 8. The van der Waals surface area contributed by atoms with Crippen LogP contribution in [0.25, 0.3) is 66.4 Å². The minimum atomic E-state index is -0.574. The first-order valence-electron chi connectivity index (χ1n) is 25.0. The van der Waals surface area contributed by atoms with Crippen molar-refractivity contribution in [2.24, 2.45) is 0 Å². The molecule has 0 fully saturated rings. The fraction of sp³-hybridized carbons (Fsp3) is 0.0857. The molecular weight excluding hydrogens is 855 g/mol. The van der Waals surface area contributed by atoms with Gasteiger partial charge in [0.05, 0.1) is 11.1 Å². The van der Waals surface area contributed by atoms with Crippen LogP contribution in [0.2, 0.25) is 0 Å². The molecule has 1 nitrogen and oxygen atoms in total. The van der Waals surface area contributed by atoms with Gasteiger partial charge < -0.3 is 4.90 Å². The highest BCUT2D eigenvalue weighted by atomic mass is 15.1. The van der Waals surface area contributed by atoms with Crippen LogP contribution in [0.4, 0.5) is 17.1 Å². The van der Waals surface area contributed by atoms with Crippen molar-refractivity contribution in [3.05, 3.63) is 293 Å². The van der Waals surface area contributed by atoms with Gasteiger partial charge in [-0.3, -0.25) is 0 Å². The summed E-state index contributed by atoms with van der Waals surface area (Å²) in [6.07, 6.45) is 0. The van der Waals surface area contributed by atoms with E-state index in [1.165, 1.54) is 111 Å². The van der Waals surface area contributed by atoms with Crippen molar-refractivity contribution in [2.75, 3.05) is 4.90 Å². The second-order valence-corrected chi connectivity index (χ2v) is 20.1. The molecule has 0 bridgehead atoms. The lowest BCUT2D eigenvalue weighted by Crippen LogP contribution is -2.28. The number of aryl methyl sites for hydroxylation is 2. The van der Waals surface area contributed by atoms with E-state index in [1.54, 1.807) is 0 Å². The smallest absolute Gasteiger partial charge is 0.0714 e. The van der Waals surface area contributed by atoms with Gasteiger partial charge in [0.1, 0.15) is 0 Å². The van der Waals surface area contributed by atoms with E-state index in [4.69, 9.17) is 0 Å². The van der Waals surface area contributed by atoms with Gasteiger partial charge in [0.15, 0.2) is 0 Å². The minimum Gasteiger partial charge on any atom is -0.309 e. The lowest BCUT2D eigenvalue weighted by molar-refractivity contribution is 0.660. The Kier molecular flexibility index (Phi) is 9.94. The number of hydrogen-bond acceptors (Lipinski definition) is 1. The van der Waals surface area contributed by atoms with E-state index < -0.39 is 5.41 Å². The third kappa shape index (κ3) is 6.60. The summed E-state index contributed by atoms with van der Waals surface area (Å²) >= 11 is 0. The molecule has 11 aromatic rings. The molecule has 0 atom stereocenters. The van der Waals surface area contributed by atoms with Crippen LogP contribution in [0, 0.1) is 13.8 Å². The summed E-state index contributed by atoms with van der Waals surface area (Å²) < 4.78 is 0. The van der Waals surface area contributed by atoms with E-state index in [0.717, 1.165) is 17.1 Å². The standard InChI is InChI=1S/C70H53N/c1-46-21-11-15-29-56(46)62-42-51(50-36-35-48-23-13-14-24-49(48)41-50)43-63(57-30-16-12-22-47(57)2)68(62)71(54-37-39-60-58-31-17-19-33-64(58)69(3,4)66(60)44-54)55-38-40-61-59-32-18-20-34-65(59)70(67(61)45-55,52-25-7-5-8-26-52)53-27-9-6-10-28-53/h5-45H,1-4H3. The highest BCUT2D eigenvalue weighted by molar-refractivity contribution is 6.03. The highest BCUT2D eigenvalue weighted by Gasteiger charge is 2.46. The van der Waals surface area contributed by atoms with Gasteiger partial charge in [0.25, 0.3) is 0 Å². The molecule has 2 aliphatic carbocycles. The number of anilines is 3. The first kappa shape index (κ1) is 42.6. The van der Waals surface area contributed by atoms with Crippen LogP contribution >= 0.6 is 0 Å². The molecule has 2 aliphatic rings. The van der Waals surface area contributed by atoms with Gasteiger partial charge in [0, 0.05) is 27.9 Å². The Morgan fingerprint density at radius 2 is 0.746 bits per heavy atom. The number of fused-ring (bicyclic) bond motifs is 7. The molecule has 1 heteroatoms. The van der Waals surface area contributed by atoms with Crippen molar-refractivity contribution in [3.63, 3.8) is 0 Å². The van der Waals surface area contributed by atoms with Gasteiger partial charge in [0.2, 0.25) is 0 Å². The summed E-state index contributed by atoms with van der Waals surface area (Å²) in [6, 6.07) is 93.4. The molecular formula is C70H53N. The van der Waals surface area contributed by atoms with Gasteiger partial charge in [-0.05, 0) is 156 Å². The zero-order chi connectivity index (χ0) is 47.8. The monoisotopic (exact) mass is 907 g/mol. The molecule has 0 amide bonds. The van der Waals surface area contributed by atoms with Crippen LogP contribution < -0.4 is 4.90 Å². The maximum atomic E-state index is 2.61. The first-order chi connectivity index (χ1) is 34.8. The van der Waals surface area contributed by atoms with Crippen molar-refractivity contribution in [1.82, 2.24) is 0 Å². The zero-order valence-electron chi connectivity index (χ0n) is 40.6. The zero-order valence-corrected chi connectivity index (χ0v) is 40.6. The predicted octanol–water partition coefficient (Wildman–Crippen LogP) is 18.6. The number of hydrogen-bond donors (Lipinski definition) is 0. The molecule has 0 spiro atoms. The molecule has 0 aromatic heterocycles. The summed E-state index contributed by atoms with van der Waals surface area (Å²) in [5.74, 6) is 0. The predicted molar refractivity (Wildman–Crippen MR) is 299 cm³/mol. The Morgan fingerprint density at radius 3 is 1.34 bits per heavy atom. The Labute approximate surface area is 418 Å². The molecule has 0 aliphatic heterocycles. The summed E-state index contributed by atoms with van der Waals surface area (Å²) in [4.78, 5) is 2.61. The maximum Gasteiger partial charge on any atom is 0.0714 e. The van der Waals surface area contributed by atoms with Crippen LogP contribution in [-0.2, 0) is 10.8 Å². The summed E-state index contributed by atoms with van der Waals surface area (Å²) in [6.45, 7) is 9.30. The Bertz CT molecular complexity index is 3770. The van der Waals surface area contributed by atoms with Crippen LogP contribution in [0.5, 0.6) is 0 Å². The number of benzene rings is 11. The number of nitrogens with zero attached hydrogens (tertiary/aromatic N) is 1. The maximum absolute atomic E-state index is 2.61. The first-order valence-corrected chi connectivity index (χ1v) is 25.0. The Morgan fingerprint density at radius 1 is 0.296 bits per heavy atom. The second-order valence-electron chi connectivity index (χ2n) is 20.1. The topological polar surface area (TPSA) is 3.24 Å². The Hall–Kier alpha value is -8.52. The molecule has 11 aromatic carbocycles. The fourth-order valence-electron chi connectivity index (χ4n) is 12.4. The average Bonchev–Trinajstić information content (AvgIpc) is 3.84. The van der Waals surface area contributed by atoms with Gasteiger partial charge in [-0.1, -0.05) is 220 Å². The van der Waals surface area contributed by atoms with E-state index in [-0.39, 0.29) is 5.41 Å². The average molecular weight is 908 g/mol. The van der Waals surface area contributed by atoms with Crippen molar-refractivity contribution in [3.8, 4) is 55.6 Å². The quantitative estimate of drug-likeness (QED) is 0.147. The van der Waals surface area contributed by atoms with Crippen molar-refractivity contribution < 1.29 is 0 Å². The lowest BCUT2D eigenvalue weighted by Gasteiger charge is -2.36. The van der Waals surface area contributed by atoms with Gasteiger partial charge in [-0.25, -0.2) is 0 Å². The molecule has 0 saturated carbocycles. The molecule has 0 heterocycles. The highest BCUT2D eigenvalue weighted by Crippen LogP contribution is 2.59. The van der Waals surface area contributed by atoms with Crippen LogP contribution in [0.3, 0.4) is 0 Å². The Balaban J connectivity index is 1.17. The fourth-order valence-corrected chi connectivity index (χ4v) is 12.4. The van der Waals surface area contributed by atoms with E-state index >= 15 is 0 Å². The molecule has 0 N–H and O–H groups in total.